The van der Waals surface area contributed by atoms with Gasteiger partial charge >= 0.3 is 5.97 Å². The summed E-state index contributed by atoms with van der Waals surface area (Å²) in [7, 11) is 0. The number of amides is 2. The summed E-state index contributed by atoms with van der Waals surface area (Å²) in [6, 6.07) is 4.71. The molecule has 0 saturated carbocycles. The Balaban J connectivity index is 2.85. The lowest BCUT2D eigenvalue weighted by molar-refractivity contribution is -0.143. The molecule has 2 amide bonds. The first kappa shape index (κ1) is 26.8. The molecule has 0 heterocycles. The zero-order valence-corrected chi connectivity index (χ0v) is 19.3. The number of benzene rings is 1. The zero-order chi connectivity index (χ0) is 24.3. The van der Waals surface area contributed by atoms with E-state index in [1.54, 1.807) is 34.6 Å². The molecule has 0 fully saturated rings. The van der Waals surface area contributed by atoms with Crippen LogP contribution in [0.25, 0.3) is 0 Å². The third kappa shape index (κ3) is 8.87. The largest absolute Gasteiger partial charge is 0.466 e. The van der Waals surface area contributed by atoms with Crippen LogP contribution in [0.3, 0.4) is 0 Å². The number of halogens is 1. The number of aliphatic imine (C=N–C) groups is 1. The molecule has 1 aromatic rings. The maximum atomic E-state index is 13.1. The average Bonchev–Trinajstić information content (AvgIpc) is 2.70. The molecule has 0 aromatic heterocycles. The van der Waals surface area contributed by atoms with E-state index in [0.717, 1.165) is 0 Å². The van der Waals surface area contributed by atoms with Crippen molar-refractivity contribution in [3.63, 3.8) is 0 Å². The molecule has 0 aliphatic carbocycles. The van der Waals surface area contributed by atoms with Crippen LogP contribution in [-0.2, 0) is 19.1 Å². The van der Waals surface area contributed by atoms with Crippen LogP contribution >= 0.6 is 0 Å². The number of nitrogens with zero attached hydrogens (tertiary/aromatic N) is 1. The number of rotatable bonds is 11. The Hall–Kier alpha value is -3.23. The van der Waals surface area contributed by atoms with Crippen LogP contribution in [0, 0.1) is 11.7 Å². The Bertz CT molecular complexity index is 859. The van der Waals surface area contributed by atoms with E-state index in [1.165, 1.54) is 24.3 Å². The van der Waals surface area contributed by atoms with E-state index in [1.807, 2.05) is 0 Å². The lowest BCUT2D eigenvalue weighted by Gasteiger charge is -2.23. The molecule has 1 aromatic carbocycles. The van der Waals surface area contributed by atoms with Crippen molar-refractivity contribution in [1.29, 1.82) is 0 Å². The van der Waals surface area contributed by atoms with Gasteiger partial charge in [-0.2, -0.15) is 0 Å². The number of carbonyl (C=O) groups excluding carboxylic acids is 3. The van der Waals surface area contributed by atoms with Gasteiger partial charge in [0.25, 0.3) is 5.91 Å². The summed E-state index contributed by atoms with van der Waals surface area (Å²) in [5.74, 6) is -1.80. The van der Waals surface area contributed by atoms with E-state index in [9.17, 15) is 18.8 Å². The molecule has 0 bridgehead atoms. The number of nitrogens with two attached hydrogens (primary N) is 1. The molecular formula is C23H33FN4O4. The SMILES string of the molecule is CCOC(=O)CCCNC(=O)C(NC(=O)/C(C(C)=Nc1ccc(F)cc1)=C(\C)N)C(C)C. The molecule has 176 valence electrons. The van der Waals surface area contributed by atoms with Gasteiger partial charge in [-0.1, -0.05) is 13.8 Å². The van der Waals surface area contributed by atoms with E-state index in [2.05, 4.69) is 15.6 Å². The number of allylic oxidation sites excluding steroid dienone is 1. The number of nitrogens with one attached hydrogen (secondary N) is 2. The van der Waals surface area contributed by atoms with Crippen LogP contribution in [0.1, 0.15) is 47.5 Å². The highest BCUT2D eigenvalue weighted by Crippen LogP contribution is 2.16. The molecule has 1 atom stereocenters. The van der Waals surface area contributed by atoms with Gasteiger partial charge in [-0.3, -0.25) is 19.4 Å². The van der Waals surface area contributed by atoms with Crippen molar-refractivity contribution in [2.24, 2.45) is 16.6 Å². The predicted octanol–water partition coefficient (Wildman–Crippen LogP) is 2.75. The van der Waals surface area contributed by atoms with E-state index in [4.69, 9.17) is 10.5 Å². The van der Waals surface area contributed by atoms with Gasteiger partial charge in [-0.05, 0) is 57.4 Å². The summed E-state index contributed by atoms with van der Waals surface area (Å²) < 4.78 is 18.0. The van der Waals surface area contributed by atoms with Crippen LogP contribution in [0.15, 0.2) is 40.5 Å². The minimum absolute atomic E-state index is 0.148. The summed E-state index contributed by atoms with van der Waals surface area (Å²) >= 11 is 0. The second-order valence-electron chi connectivity index (χ2n) is 7.63. The highest BCUT2D eigenvalue weighted by molar-refractivity contribution is 6.22. The summed E-state index contributed by atoms with van der Waals surface area (Å²) in [6.07, 6.45) is 0.630. The molecule has 9 heteroatoms. The van der Waals surface area contributed by atoms with E-state index < -0.39 is 17.8 Å². The van der Waals surface area contributed by atoms with Crippen LogP contribution < -0.4 is 16.4 Å². The fourth-order valence-electron chi connectivity index (χ4n) is 2.93. The van der Waals surface area contributed by atoms with Crippen molar-refractivity contribution in [2.45, 2.75) is 53.5 Å². The van der Waals surface area contributed by atoms with Gasteiger partial charge in [-0.25, -0.2) is 4.39 Å². The first-order valence-electron chi connectivity index (χ1n) is 10.6. The number of hydrogen-bond acceptors (Lipinski definition) is 6. The third-order valence-corrected chi connectivity index (χ3v) is 4.50. The molecule has 32 heavy (non-hydrogen) atoms. The van der Waals surface area contributed by atoms with Gasteiger partial charge in [0.05, 0.1) is 23.6 Å². The maximum Gasteiger partial charge on any atom is 0.305 e. The standard InChI is InChI=1S/C23H33FN4O4/c1-6-32-19(29)8-7-13-26-23(31)21(14(2)3)28-22(30)20(15(4)25)16(5)27-18-11-9-17(24)10-12-18/h9-12,14,21H,6-8,13,25H2,1-5H3,(H,26,31)(H,28,30)/b20-15+,27-16?. The molecule has 0 aliphatic rings. The number of ether oxygens (including phenoxy) is 1. The van der Waals surface area contributed by atoms with E-state index >= 15 is 0 Å². The van der Waals surface area contributed by atoms with Gasteiger partial charge in [0.15, 0.2) is 0 Å². The first-order valence-corrected chi connectivity index (χ1v) is 10.6. The maximum absolute atomic E-state index is 13.1. The Morgan fingerprint density at radius 2 is 1.78 bits per heavy atom. The van der Waals surface area contributed by atoms with E-state index in [0.29, 0.717) is 24.4 Å². The molecule has 1 unspecified atom stereocenters. The second kappa shape index (κ2) is 13.2. The zero-order valence-electron chi connectivity index (χ0n) is 19.3. The van der Waals surface area contributed by atoms with Crippen molar-refractivity contribution in [1.82, 2.24) is 10.6 Å². The van der Waals surface area contributed by atoms with Gasteiger partial charge in [-0.15, -0.1) is 0 Å². The van der Waals surface area contributed by atoms with Crippen molar-refractivity contribution in [2.75, 3.05) is 13.2 Å². The topological polar surface area (TPSA) is 123 Å². The quantitative estimate of drug-likeness (QED) is 0.208. The smallest absolute Gasteiger partial charge is 0.305 e. The van der Waals surface area contributed by atoms with Crippen LogP contribution in [-0.4, -0.2) is 42.7 Å². The monoisotopic (exact) mass is 448 g/mol. The molecule has 0 spiro atoms. The highest BCUT2D eigenvalue weighted by Gasteiger charge is 2.26. The lowest BCUT2D eigenvalue weighted by Crippen LogP contribution is -2.50. The van der Waals surface area contributed by atoms with Gasteiger partial charge in [0.1, 0.15) is 11.9 Å². The van der Waals surface area contributed by atoms with Crippen LogP contribution in [0.2, 0.25) is 0 Å². The molecule has 4 N–H and O–H groups in total. The Labute approximate surface area is 188 Å². The minimum Gasteiger partial charge on any atom is -0.466 e. The van der Waals surface area contributed by atoms with Crippen molar-refractivity contribution in [3.8, 4) is 0 Å². The normalized spacial score (nSPS) is 13.3. The molecule has 0 aliphatic heterocycles. The number of esters is 1. The lowest BCUT2D eigenvalue weighted by atomic mass is 10.0. The van der Waals surface area contributed by atoms with Gasteiger partial charge in [0.2, 0.25) is 5.91 Å². The fourth-order valence-corrected chi connectivity index (χ4v) is 2.93. The number of carbonyl (C=O) groups is 3. The fraction of sp³-hybridized carbons (Fsp3) is 0.478. The third-order valence-electron chi connectivity index (χ3n) is 4.50. The van der Waals surface area contributed by atoms with Crippen LogP contribution in [0.4, 0.5) is 10.1 Å². The Kier molecular flexibility index (Phi) is 11.1. The Morgan fingerprint density at radius 1 is 1.16 bits per heavy atom. The van der Waals surface area contributed by atoms with Crippen molar-refractivity contribution in [3.05, 3.63) is 41.4 Å². The molecular weight excluding hydrogens is 415 g/mol. The first-order chi connectivity index (χ1) is 15.1. The van der Waals surface area contributed by atoms with Gasteiger partial charge in [0, 0.05) is 18.7 Å². The minimum atomic E-state index is -0.807. The molecule has 0 saturated heterocycles. The van der Waals surface area contributed by atoms with Crippen LogP contribution in [0.5, 0.6) is 0 Å². The summed E-state index contributed by atoms with van der Waals surface area (Å²) in [4.78, 5) is 41.3. The Morgan fingerprint density at radius 3 is 2.31 bits per heavy atom. The molecule has 0 radical (unpaired) electrons. The van der Waals surface area contributed by atoms with Crippen molar-refractivity contribution < 1.29 is 23.5 Å². The van der Waals surface area contributed by atoms with E-state index in [-0.39, 0.29) is 42.0 Å². The van der Waals surface area contributed by atoms with Crippen molar-refractivity contribution >= 4 is 29.2 Å². The average molecular weight is 449 g/mol. The summed E-state index contributed by atoms with van der Waals surface area (Å²) in [5, 5.41) is 5.46. The number of hydrogen-bond donors (Lipinski definition) is 3. The highest BCUT2D eigenvalue weighted by atomic mass is 19.1. The van der Waals surface area contributed by atoms with Gasteiger partial charge < -0.3 is 21.1 Å². The molecule has 8 nitrogen and oxygen atoms in total. The summed E-state index contributed by atoms with van der Waals surface area (Å²) in [5.41, 5.74) is 7.12. The predicted molar refractivity (Wildman–Crippen MR) is 122 cm³/mol. The molecule has 1 rings (SSSR count). The summed E-state index contributed by atoms with van der Waals surface area (Å²) in [6.45, 7) is 9.12. The second-order valence-corrected chi connectivity index (χ2v) is 7.63.